The average Bonchev–Trinajstić information content (AvgIpc) is 2.63. The van der Waals surface area contributed by atoms with Gasteiger partial charge in [-0.3, -0.25) is 4.90 Å². The molecule has 2 heterocycles. The van der Waals surface area contributed by atoms with Crippen molar-refractivity contribution < 1.29 is 9.47 Å². The van der Waals surface area contributed by atoms with E-state index in [0.717, 1.165) is 40.1 Å². The largest absolute Gasteiger partial charge is 0.453 e. The molecule has 0 radical (unpaired) electrons. The monoisotopic (exact) mass is 303 g/mol. The molecule has 2 aliphatic heterocycles. The van der Waals surface area contributed by atoms with Crippen LogP contribution < -0.4 is 14.4 Å². The molecule has 0 aliphatic carbocycles. The van der Waals surface area contributed by atoms with Crippen LogP contribution in [0.2, 0.25) is 0 Å². The number of ether oxygens (including phenoxy) is 2. The number of hydrogen-bond donors (Lipinski definition) is 0. The van der Waals surface area contributed by atoms with E-state index in [1.54, 1.807) is 0 Å². The minimum Gasteiger partial charge on any atom is -0.453 e. The number of benzene rings is 3. The highest BCUT2D eigenvalue weighted by molar-refractivity contribution is 5.93. The van der Waals surface area contributed by atoms with Crippen LogP contribution in [0.5, 0.6) is 23.0 Å². The first-order valence-electron chi connectivity index (χ1n) is 7.89. The Morgan fingerprint density at radius 1 is 0.565 bits per heavy atom. The standard InChI is InChI=1S/C18H11NO2.C2H6/c1-3-8-14-12(6-1)19-13-7-2-4-9-15(13)21-17-11-5-10-16(20-14)18(17)19;1-2/h1-11H;1-2H3. The van der Waals surface area contributed by atoms with Crippen molar-refractivity contribution in [2.24, 2.45) is 0 Å². The summed E-state index contributed by atoms with van der Waals surface area (Å²) in [4.78, 5) is 2.21. The van der Waals surface area contributed by atoms with Gasteiger partial charge in [0.2, 0.25) is 0 Å². The lowest BCUT2D eigenvalue weighted by Gasteiger charge is -2.37. The molecule has 0 saturated carbocycles. The Hall–Kier alpha value is -2.94. The van der Waals surface area contributed by atoms with Gasteiger partial charge in [0.15, 0.2) is 23.0 Å². The lowest BCUT2D eigenvalue weighted by molar-refractivity contribution is 0.446. The highest BCUT2D eigenvalue weighted by Gasteiger charge is 2.33. The minimum absolute atomic E-state index is 0.820. The van der Waals surface area contributed by atoms with Crippen LogP contribution in [0, 0.1) is 0 Å². The van der Waals surface area contributed by atoms with Crippen LogP contribution in [-0.4, -0.2) is 0 Å². The molecule has 114 valence electrons. The van der Waals surface area contributed by atoms with Crippen molar-refractivity contribution in [3.8, 4) is 23.0 Å². The van der Waals surface area contributed by atoms with Crippen LogP contribution in [0.15, 0.2) is 66.7 Å². The summed E-state index contributed by atoms with van der Waals surface area (Å²) in [5, 5.41) is 0. The molecule has 0 N–H and O–H groups in total. The van der Waals surface area contributed by atoms with E-state index in [0.29, 0.717) is 0 Å². The minimum atomic E-state index is 0.820. The van der Waals surface area contributed by atoms with Gasteiger partial charge in [-0.15, -0.1) is 0 Å². The third-order valence-corrected chi connectivity index (χ3v) is 3.84. The number of fused-ring (bicyclic) bond motifs is 4. The van der Waals surface area contributed by atoms with Gasteiger partial charge in [0.05, 0.1) is 11.4 Å². The molecule has 0 fully saturated rings. The Morgan fingerprint density at radius 2 is 1.00 bits per heavy atom. The summed E-state index contributed by atoms with van der Waals surface area (Å²) in [6, 6.07) is 22.0. The highest BCUT2D eigenvalue weighted by Crippen LogP contribution is 2.59. The van der Waals surface area contributed by atoms with Crippen molar-refractivity contribution >= 4 is 17.1 Å². The van der Waals surface area contributed by atoms with E-state index in [-0.39, 0.29) is 0 Å². The van der Waals surface area contributed by atoms with Crippen LogP contribution in [0.3, 0.4) is 0 Å². The highest BCUT2D eigenvalue weighted by atomic mass is 16.5. The molecule has 3 aromatic carbocycles. The Balaban J connectivity index is 0.000000652. The molecule has 2 aliphatic rings. The van der Waals surface area contributed by atoms with Gasteiger partial charge in [-0.2, -0.15) is 0 Å². The summed E-state index contributed by atoms with van der Waals surface area (Å²) < 4.78 is 12.0. The first-order valence-corrected chi connectivity index (χ1v) is 7.89. The van der Waals surface area contributed by atoms with E-state index in [2.05, 4.69) is 17.0 Å². The van der Waals surface area contributed by atoms with E-state index in [1.165, 1.54) is 0 Å². The number of para-hydroxylation sites is 5. The van der Waals surface area contributed by atoms with Gasteiger partial charge in [-0.1, -0.05) is 44.2 Å². The summed E-state index contributed by atoms with van der Waals surface area (Å²) >= 11 is 0. The molecule has 3 aromatic rings. The maximum atomic E-state index is 6.02. The van der Waals surface area contributed by atoms with E-state index in [9.17, 15) is 0 Å². The zero-order chi connectivity index (χ0) is 15.8. The van der Waals surface area contributed by atoms with E-state index < -0.39 is 0 Å². The first kappa shape index (κ1) is 13.7. The number of anilines is 3. The van der Waals surface area contributed by atoms with Gasteiger partial charge in [-0.25, -0.2) is 0 Å². The Morgan fingerprint density at radius 3 is 1.52 bits per heavy atom. The molecule has 5 rings (SSSR count). The molecule has 0 saturated heterocycles. The van der Waals surface area contributed by atoms with Crippen LogP contribution in [-0.2, 0) is 0 Å². The topological polar surface area (TPSA) is 21.7 Å². The quantitative estimate of drug-likeness (QED) is 0.330. The fraction of sp³-hybridized carbons (Fsp3) is 0.100. The lowest BCUT2D eigenvalue weighted by atomic mass is 10.1. The van der Waals surface area contributed by atoms with Crippen LogP contribution in [0.1, 0.15) is 13.8 Å². The Kier molecular flexibility index (Phi) is 3.19. The molecule has 3 heteroatoms. The summed E-state index contributed by atoms with van der Waals surface area (Å²) in [5.41, 5.74) is 3.04. The van der Waals surface area contributed by atoms with Gasteiger partial charge >= 0.3 is 0 Å². The molecule has 0 aromatic heterocycles. The molecule has 23 heavy (non-hydrogen) atoms. The second kappa shape index (κ2) is 5.36. The van der Waals surface area contributed by atoms with Crippen LogP contribution in [0.4, 0.5) is 17.1 Å². The van der Waals surface area contributed by atoms with Crippen LogP contribution in [0.25, 0.3) is 0 Å². The smallest absolute Gasteiger partial charge is 0.155 e. The molecule has 0 amide bonds. The molecule has 0 unspecified atom stereocenters. The summed E-state index contributed by atoms with van der Waals surface area (Å²) in [6.07, 6.45) is 0. The average molecular weight is 303 g/mol. The third kappa shape index (κ3) is 1.97. The molecular formula is C20H17NO2. The molecule has 0 spiro atoms. The second-order valence-corrected chi connectivity index (χ2v) is 5.08. The number of hydrogen-bond acceptors (Lipinski definition) is 3. The summed E-state index contributed by atoms with van der Waals surface area (Å²) in [6.45, 7) is 4.00. The first-order chi connectivity index (χ1) is 11.4. The Labute approximate surface area is 135 Å². The van der Waals surface area contributed by atoms with Crippen molar-refractivity contribution in [3.63, 3.8) is 0 Å². The number of rotatable bonds is 0. The zero-order valence-corrected chi connectivity index (χ0v) is 13.1. The molecule has 3 nitrogen and oxygen atoms in total. The van der Waals surface area contributed by atoms with Gasteiger partial charge in [0, 0.05) is 0 Å². The second-order valence-electron chi connectivity index (χ2n) is 5.08. The summed E-state index contributed by atoms with van der Waals surface area (Å²) in [5.74, 6) is 3.36. The van der Waals surface area contributed by atoms with Crippen molar-refractivity contribution in [2.45, 2.75) is 13.8 Å². The number of nitrogens with zero attached hydrogens (tertiary/aromatic N) is 1. The third-order valence-electron chi connectivity index (χ3n) is 3.84. The zero-order valence-electron chi connectivity index (χ0n) is 13.1. The van der Waals surface area contributed by atoms with Crippen molar-refractivity contribution in [2.75, 3.05) is 4.90 Å². The molecular weight excluding hydrogens is 286 g/mol. The van der Waals surface area contributed by atoms with E-state index in [4.69, 9.17) is 9.47 Å². The van der Waals surface area contributed by atoms with Crippen molar-refractivity contribution in [3.05, 3.63) is 66.7 Å². The van der Waals surface area contributed by atoms with Gasteiger partial charge in [0.1, 0.15) is 5.69 Å². The SMILES string of the molecule is CC.c1ccc2c(c1)Oc1cccc3c1N2c1ccccc1O3. The molecule has 0 atom stereocenters. The predicted octanol–water partition coefficient (Wildman–Crippen LogP) is 6.39. The summed E-state index contributed by atoms with van der Waals surface area (Å²) in [7, 11) is 0. The van der Waals surface area contributed by atoms with E-state index in [1.807, 2.05) is 68.4 Å². The van der Waals surface area contributed by atoms with Gasteiger partial charge < -0.3 is 9.47 Å². The van der Waals surface area contributed by atoms with Crippen LogP contribution >= 0.6 is 0 Å². The Bertz CT molecular complexity index is 805. The fourth-order valence-electron chi connectivity index (χ4n) is 2.95. The fourth-order valence-corrected chi connectivity index (χ4v) is 2.95. The lowest BCUT2D eigenvalue weighted by Crippen LogP contribution is -2.19. The van der Waals surface area contributed by atoms with Gasteiger partial charge in [0.25, 0.3) is 0 Å². The van der Waals surface area contributed by atoms with Gasteiger partial charge in [-0.05, 0) is 36.4 Å². The van der Waals surface area contributed by atoms with E-state index >= 15 is 0 Å². The normalized spacial score (nSPS) is 12.5. The van der Waals surface area contributed by atoms with Crippen molar-refractivity contribution in [1.29, 1.82) is 0 Å². The predicted molar refractivity (Wildman–Crippen MR) is 92.6 cm³/mol. The molecule has 0 bridgehead atoms. The maximum absolute atomic E-state index is 6.02. The maximum Gasteiger partial charge on any atom is 0.155 e. The van der Waals surface area contributed by atoms with Crippen molar-refractivity contribution in [1.82, 2.24) is 0 Å².